The Labute approximate surface area is 355 Å². The van der Waals surface area contributed by atoms with Gasteiger partial charge in [0.05, 0.1) is 11.1 Å². The molecule has 0 fully saturated rings. The Hall–Kier alpha value is -6.92. The zero-order valence-corrected chi connectivity index (χ0v) is 36.4. The minimum Gasteiger partial charge on any atom is -0.192 e. The van der Waals surface area contributed by atoms with Crippen molar-refractivity contribution < 1.29 is 0 Å². The highest BCUT2D eigenvalue weighted by molar-refractivity contribution is 6.17. The van der Waals surface area contributed by atoms with Crippen LogP contribution >= 0.6 is 0 Å². The fourth-order valence-electron chi connectivity index (χ4n) is 8.29. The maximum atomic E-state index is 11.4. The molecule has 0 heterocycles. The van der Waals surface area contributed by atoms with Gasteiger partial charge in [0.1, 0.15) is 12.1 Å². The van der Waals surface area contributed by atoms with Gasteiger partial charge in [0.2, 0.25) is 0 Å². The Kier molecular flexibility index (Phi) is 9.99. The summed E-state index contributed by atoms with van der Waals surface area (Å²) in [6, 6.07) is 48.3. The average molecular weight is 775 g/mol. The summed E-state index contributed by atoms with van der Waals surface area (Å²) in [5.41, 5.74) is 24.6. The summed E-state index contributed by atoms with van der Waals surface area (Å²) in [4.78, 5) is 0. The maximum Gasteiger partial charge on any atom is 0.102 e. The normalized spacial score (nSPS) is 11.7. The zero-order chi connectivity index (χ0) is 42.7. The van der Waals surface area contributed by atoms with E-state index in [-0.39, 0.29) is 10.8 Å². The van der Waals surface area contributed by atoms with Crippen LogP contribution in [0.25, 0.3) is 55.6 Å². The zero-order valence-electron chi connectivity index (χ0n) is 36.4. The van der Waals surface area contributed by atoms with Crippen molar-refractivity contribution in [2.45, 2.75) is 80.1 Å². The molecule has 2 nitrogen and oxygen atoms in total. The molecule has 60 heavy (non-hydrogen) atoms. The van der Waals surface area contributed by atoms with Crippen LogP contribution in [0.1, 0.15) is 108 Å². The Bertz CT molecular complexity index is 2860. The number of rotatable bonds is 4. The lowest BCUT2D eigenvalue weighted by atomic mass is 9.81. The number of aryl methyl sites for hydroxylation is 4. The van der Waals surface area contributed by atoms with Crippen molar-refractivity contribution in [1.29, 1.82) is 10.5 Å². The molecule has 0 N–H and O–H groups in total. The molecule has 8 rings (SSSR count). The van der Waals surface area contributed by atoms with E-state index in [1.807, 2.05) is 0 Å². The van der Waals surface area contributed by atoms with Crippen molar-refractivity contribution in [2.24, 2.45) is 0 Å². The first-order valence-corrected chi connectivity index (χ1v) is 20.8. The van der Waals surface area contributed by atoms with E-state index in [4.69, 9.17) is 0 Å². The summed E-state index contributed by atoms with van der Waals surface area (Å²) in [7, 11) is 0. The lowest BCUT2D eigenvalue weighted by Crippen LogP contribution is -2.23. The SMILES string of the molecule is Cc1ccc(C(=C=c2c(C#N)c(C#N)c(=C=C(c3ccc(C)cc3)c3ccc(C)cc3)c3c2-c2cc(C(C)(C)C)cc4cc(C(C)(C)C)cc-3c24)c2ccc(C)cc2)cc1. The van der Waals surface area contributed by atoms with Gasteiger partial charge in [0.15, 0.2) is 0 Å². The lowest BCUT2D eigenvalue weighted by molar-refractivity contribution is 0.589. The van der Waals surface area contributed by atoms with Gasteiger partial charge in [-0.3, -0.25) is 0 Å². The Morgan fingerprint density at radius 1 is 0.417 bits per heavy atom. The number of benzene rings is 7. The molecule has 0 saturated heterocycles. The third-order valence-corrected chi connectivity index (χ3v) is 11.9. The summed E-state index contributed by atoms with van der Waals surface area (Å²) in [5, 5.41) is 26.3. The van der Waals surface area contributed by atoms with E-state index < -0.39 is 0 Å². The molecule has 0 aromatic heterocycles. The van der Waals surface area contributed by atoms with Gasteiger partial charge in [-0.2, -0.15) is 10.5 Å². The number of fused-ring (bicyclic) bond motifs is 3. The molecule has 0 spiro atoms. The third-order valence-electron chi connectivity index (χ3n) is 11.9. The topological polar surface area (TPSA) is 47.6 Å². The molecular formula is C58H50N2. The largest absolute Gasteiger partial charge is 0.192 e. The van der Waals surface area contributed by atoms with Crippen molar-refractivity contribution >= 4 is 33.4 Å². The molecule has 0 radical (unpaired) electrons. The van der Waals surface area contributed by atoms with E-state index in [0.717, 1.165) is 88.7 Å². The van der Waals surface area contributed by atoms with Crippen LogP contribution in [0.15, 0.2) is 121 Å². The van der Waals surface area contributed by atoms with Gasteiger partial charge in [-0.15, -0.1) is 11.5 Å². The van der Waals surface area contributed by atoms with Gasteiger partial charge in [-0.05, 0) is 106 Å². The first-order valence-electron chi connectivity index (χ1n) is 20.8. The van der Waals surface area contributed by atoms with Crippen LogP contribution in [-0.4, -0.2) is 0 Å². The lowest BCUT2D eigenvalue weighted by Gasteiger charge is -2.23. The Morgan fingerprint density at radius 2 is 0.700 bits per heavy atom. The summed E-state index contributed by atoms with van der Waals surface area (Å²) < 4.78 is 0. The summed E-state index contributed by atoms with van der Waals surface area (Å²) in [6.07, 6.45) is 0. The molecule has 2 heteroatoms. The summed E-state index contributed by atoms with van der Waals surface area (Å²) in [5.74, 6) is 0. The standard InChI is InChI=1S/C58H50N2/c1-35-11-19-39(20-12-35)46(40-21-13-36(2)14-22-40)31-48-52(33-59)53(34-60)49(32-47(41-23-15-37(3)16-24-41)42-25-17-38(4)18-26-42)56-51-30-45(58(8,9)10)28-43-27-44(57(5,6)7)29-50(54(43)51)55(48)56/h11-30H,1-10H3. The van der Waals surface area contributed by atoms with Gasteiger partial charge < -0.3 is 0 Å². The second kappa shape index (κ2) is 15.0. The van der Waals surface area contributed by atoms with Crippen molar-refractivity contribution in [2.75, 3.05) is 0 Å². The predicted molar refractivity (Wildman–Crippen MR) is 251 cm³/mol. The van der Waals surface area contributed by atoms with Gasteiger partial charge in [-0.25, -0.2) is 0 Å². The quantitative estimate of drug-likeness (QED) is 0.179. The molecule has 1 aliphatic carbocycles. The van der Waals surface area contributed by atoms with Gasteiger partial charge in [-0.1, -0.05) is 173 Å². The number of nitriles is 2. The van der Waals surface area contributed by atoms with Crippen LogP contribution in [0.4, 0.5) is 0 Å². The first-order chi connectivity index (χ1) is 28.5. The molecule has 0 unspecified atom stereocenters. The van der Waals surface area contributed by atoms with E-state index >= 15 is 0 Å². The fourth-order valence-corrected chi connectivity index (χ4v) is 8.29. The van der Waals surface area contributed by atoms with Crippen LogP contribution in [0.5, 0.6) is 0 Å². The highest BCUT2D eigenvalue weighted by atomic mass is 14.4. The smallest absolute Gasteiger partial charge is 0.102 e. The number of nitrogens with zero attached hydrogens (tertiary/aromatic N) is 2. The molecule has 0 amide bonds. The number of hydrogen-bond donors (Lipinski definition) is 0. The monoisotopic (exact) mass is 774 g/mol. The van der Waals surface area contributed by atoms with E-state index in [9.17, 15) is 10.5 Å². The Morgan fingerprint density at radius 3 is 0.950 bits per heavy atom. The van der Waals surface area contributed by atoms with Crippen molar-refractivity contribution in [1.82, 2.24) is 0 Å². The molecule has 292 valence electrons. The average Bonchev–Trinajstić information content (AvgIpc) is 3.54. The van der Waals surface area contributed by atoms with Crippen LogP contribution in [0.3, 0.4) is 0 Å². The molecule has 0 atom stereocenters. The van der Waals surface area contributed by atoms with Crippen molar-refractivity contribution in [3.05, 3.63) is 199 Å². The molecule has 7 aromatic carbocycles. The van der Waals surface area contributed by atoms with E-state index in [0.29, 0.717) is 21.6 Å². The van der Waals surface area contributed by atoms with Gasteiger partial charge in [0.25, 0.3) is 0 Å². The van der Waals surface area contributed by atoms with E-state index in [2.05, 4.69) is 214 Å². The Balaban J connectivity index is 1.73. The van der Waals surface area contributed by atoms with Crippen LogP contribution in [-0.2, 0) is 10.8 Å². The second-order valence-electron chi connectivity index (χ2n) is 18.6. The minimum atomic E-state index is -0.163. The van der Waals surface area contributed by atoms with Crippen LogP contribution < -0.4 is 10.4 Å². The molecule has 1 aliphatic rings. The number of hydrogen-bond acceptors (Lipinski definition) is 2. The maximum absolute atomic E-state index is 11.4. The van der Waals surface area contributed by atoms with Crippen LogP contribution in [0.2, 0.25) is 0 Å². The predicted octanol–water partition coefficient (Wildman–Crippen LogP) is 13.1. The third kappa shape index (κ3) is 7.23. The van der Waals surface area contributed by atoms with E-state index in [1.54, 1.807) is 0 Å². The van der Waals surface area contributed by atoms with Crippen LogP contribution in [0, 0.1) is 50.4 Å². The molecule has 7 aromatic rings. The molecular weight excluding hydrogens is 725 g/mol. The summed E-state index contributed by atoms with van der Waals surface area (Å²) >= 11 is 0. The molecule has 0 bridgehead atoms. The van der Waals surface area contributed by atoms with Gasteiger partial charge in [0, 0.05) is 32.7 Å². The summed E-state index contributed by atoms with van der Waals surface area (Å²) in [6.45, 7) is 21.9. The second-order valence-corrected chi connectivity index (χ2v) is 18.6. The van der Waals surface area contributed by atoms with E-state index in [1.165, 1.54) is 11.1 Å². The molecule has 0 saturated carbocycles. The first kappa shape index (κ1) is 39.9. The fraction of sp³-hybridized carbons (Fsp3) is 0.207. The highest BCUT2D eigenvalue weighted by Crippen LogP contribution is 2.48. The molecule has 0 aliphatic heterocycles. The van der Waals surface area contributed by atoms with Crippen molar-refractivity contribution in [3.8, 4) is 34.4 Å². The van der Waals surface area contributed by atoms with Crippen molar-refractivity contribution in [3.63, 3.8) is 0 Å². The minimum absolute atomic E-state index is 0.163. The highest BCUT2D eigenvalue weighted by Gasteiger charge is 2.32. The van der Waals surface area contributed by atoms with Gasteiger partial charge >= 0.3 is 0 Å².